The summed E-state index contributed by atoms with van der Waals surface area (Å²) >= 11 is 0. The van der Waals surface area contributed by atoms with Crippen molar-refractivity contribution in [3.63, 3.8) is 0 Å². The Morgan fingerprint density at radius 2 is 1.88 bits per heavy atom. The van der Waals surface area contributed by atoms with E-state index in [1.807, 2.05) is 0 Å². The third-order valence-corrected chi connectivity index (χ3v) is 4.31. The Bertz CT molecular complexity index is 244. The van der Waals surface area contributed by atoms with Crippen LogP contribution in [0.4, 0.5) is 0 Å². The molecule has 3 nitrogen and oxygen atoms in total. The summed E-state index contributed by atoms with van der Waals surface area (Å²) in [7, 11) is 0. The molecule has 17 heavy (non-hydrogen) atoms. The van der Waals surface area contributed by atoms with Gasteiger partial charge in [0.1, 0.15) is 0 Å². The van der Waals surface area contributed by atoms with Gasteiger partial charge >= 0.3 is 0 Å². The van der Waals surface area contributed by atoms with Crippen molar-refractivity contribution < 1.29 is 4.79 Å². The molecule has 2 atom stereocenters. The smallest absolute Gasteiger partial charge is 0.220 e. The van der Waals surface area contributed by atoms with E-state index in [9.17, 15) is 4.79 Å². The molecule has 0 bridgehead atoms. The van der Waals surface area contributed by atoms with Gasteiger partial charge in [-0.1, -0.05) is 25.7 Å². The number of hydrogen-bond donors (Lipinski definition) is 2. The Kier molecular flexibility index (Phi) is 6.28. The molecule has 1 amide bonds. The van der Waals surface area contributed by atoms with E-state index in [0.717, 1.165) is 25.2 Å². The van der Waals surface area contributed by atoms with Crippen molar-refractivity contribution in [2.45, 2.75) is 57.4 Å². The van der Waals surface area contributed by atoms with Crippen LogP contribution >= 0.6 is 12.4 Å². The summed E-state index contributed by atoms with van der Waals surface area (Å²) in [5, 5.41) is 3.16. The van der Waals surface area contributed by atoms with Gasteiger partial charge in [0.2, 0.25) is 5.91 Å². The van der Waals surface area contributed by atoms with Crippen LogP contribution in [0.15, 0.2) is 0 Å². The van der Waals surface area contributed by atoms with Crippen molar-refractivity contribution in [3.05, 3.63) is 0 Å². The first-order valence-electron chi connectivity index (χ1n) is 6.79. The number of carbonyl (C=O) groups is 1. The van der Waals surface area contributed by atoms with E-state index in [1.165, 1.54) is 32.1 Å². The SMILES string of the molecule is Cl.NCC1CCCC1NC(=O)CCC1CCC1. The normalized spacial score (nSPS) is 28.3. The van der Waals surface area contributed by atoms with Gasteiger partial charge in [0.15, 0.2) is 0 Å². The van der Waals surface area contributed by atoms with Gasteiger partial charge in [0.25, 0.3) is 0 Å². The van der Waals surface area contributed by atoms with E-state index in [2.05, 4.69) is 5.32 Å². The Hall–Kier alpha value is -0.280. The van der Waals surface area contributed by atoms with E-state index in [4.69, 9.17) is 5.73 Å². The molecule has 2 aliphatic rings. The average molecular weight is 261 g/mol. The molecule has 0 aliphatic heterocycles. The number of rotatable bonds is 5. The summed E-state index contributed by atoms with van der Waals surface area (Å²) in [5.74, 6) is 1.60. The largest absolute Gasteiger partial charge is 0.353 e. The second-order valence-electron chi connectivity index (χ2n) is 5.44. The molecule has 0 spiro atoms. The number of halogens is 1. The lowest BCUT2D eigenvalue weighted by molar-refractivity contribution is -0.122. The molecular weight excluding hydrogens is 236 g/mol. The zero-order valence-corrected chi connectivity index (χ0v) is 11.3. The first-order chi connectivity index (χ1) is 7.79. The highest BCUT2D eigenvalue weighted by Gasteiger charge is 2.27. The van der Waals surface area contributed by atoms with Crippen molar-refractivity contribution in [1.29, 1.82) is 0 Å². The van der Waals surface area contributed by atoms with E-state index in [-0.39, 0.29) is 18.3 Å². The minimum Gasteiger partial charge on any atom is -0.353 e. The van der Waals surface area contributed by atoms with Gasteiger partial charge < -0.3 is 11.1 Å². The summed E-state index contributed by atoms with van der Waals surface area (Å²) in [6.07, 6.45) is 9.37. The van der Waals surface area contributed by atoms with Crippen molar-refractivity contribution in [2.75, 3.05) is 6.54 Å². The summed E-state index contributed by atoms with van der Waals surface area (Å²) in [4.78, 5) is 11.8. The van der Waals surface area contributed by atoms with Crippen LogP contribution in [0.5, 0.6) is 0 Å². The second-order valence-corrected chi connectivity index (χ2v) is 5.44. The zero-order valence-electron chi connectivity index (χ0n) is 10.5. The minimum atomic E-state index is 0. The van der Waals surface area contributed by atoms with Crippen molar-refractivity contribution >= 4 is 18.3 Å². The lowest BCUT2D eigenvalue weighted by Crippen LogP contribution is -2.40. The quantitative estimate of drug-likeness (QED) is 0.797. The molecule has 100 valence electrons. The Balaban J connectivity index is 0.00000144. The summed E-state index contributed by atoms with van der Waals surface area (Å²) in [5.41, 5.74) is 5.70. The predicted molar refractivity (Wildman–Crippen MR) is 72.1 cm³/mol. The molecule has 2 fully saturated rings. The summed E-state index contributed by atoms with van der Waals surface area (Å²) in [6, 6.07) is 0.360. The van der Waals surface area contributed by atoms with E-state index >= 15 is 0 Å². The van der Waals surface area contributed by atoms with Crippen LogP contribution in [0.2, 0.25) is 0 Å². The molecule has 0 aromatic heterocycles. The number of nitrogens with one attached hydrogen (secondary N) is 1. The fourth-order valence-corrected chi connectivity index (χ4v) is 2.90. The van der Waals surface area contributed by atoms with E-state index in [0.29, 0.717) is 18.5 Å². The van der Waals surface area contributed by atoms with E-state index < -0.39 is 0 Å². The molecule has 0 aromatic rings. The summed E-state index contributed by atoms with van der Waals surface area (Å²) < 4.78 is 0. The maximum atomic E-state index is 11.8. The van der Waals surface area contributed by atoms with Crippen LogP contribution in [-0.2, 0) is 4.79 Å². The number of amides is 1. The monoisotopic (exact) mass is 260 g/mol. The van der Waals surface area contributed by atoms with Gasteiger partial charge in [0.05, 0.1) is 0 Å². The fourth-order valence-electron chi connectivity index (χ4n) is 2.90. The second kappa shape index (κ2) is 7.22. The zero-order chi connectivity index (χ0) is 11.4. The van der Waals surface area contributed by atoms with Crippen LogP contribution in [0, 0.1) is 11.8 Å². The van der Waals surface area contributed by atoms with Crippen LogP contribution < -0.4 is 11.1 Å². The Morgan fingerprint density at radius 1 is 1.18 bits per heavy atom. The summed E-state index contributed by atoms with van der Waals surface area (Å²) in [6.45, 7) is 0.716. The van der Waals surface area contributed by atoms with Gasteiger partial charge in [-0.25, -0.2) is 0 Å². The first-order valence-corrected chi connectivity index (χ1v) is 6.79. The van der Waals surface area contributed by atoms with Crippen molar-refractivity contribution in [3.8, 4) is 0 Å². The highest BCUT2D eigenvalue weighted by Crippen LogP contribution is 2.30. The predicted octanol–water partition coefficient (Wildman–Crippen LogP) is 2.23. The molecule has 2 saturated carbocycles. The third-order valence-electron chi connectivity index (χ3n) is 4.31. The first kappa shape index (κ1) is 14.8. The van der Waals surface area contributed by atoms with Crippen molar-refractivity contribution in [1.82, 2.24) is 5.32 Å². The Labute approximate surface area is 110 Å². The standard InChI is InChI=1S/C13H24N2O.ClH/c14-9-11-5-2-6-12(11)15-13(16)8-7-10-3-1-4-10;/h10-12H,1-9,14H2,(H,15,16);1H. The molecule has 2 unspecified atom stereocenters. The van der Waals surface area contributed by atoms with Gasteiger partial charge in [-0.2, -0.15) is 0 Å². The van der Waals surface area contributed by atoms with E-state index in [1.54, 1.807) is 0 Å². The van der Waals surface area contributed by atoms with Gasteiger partial charge in [-0.05, 0) is 37.6 Å². The molecule has 0 heterocycles. The number of carbonyl (C=O) groups excluding carboxylic acids is 1. The lowest BCUT2D eigenvalue weighted by Gasteiger charge is -2.25. The molecule has 3 N–H and O–H groups in total. The highest BCUT2D eigenvalue weighted by atomic mass is 35.5. The van der Waals surface area contributed by atoms with Crippen LogP contribution in [0.3, 0.4) is 0 Å². The lowest BCUT2D eigenvalue weighted by atomic mass is 9.82. The van der Waals surface area contributed by atoms with Crippen LogP contribution in [-0.4, -0.2) is 18.5 Å². The molecule has 0 radical (unpaired) electrons. The molecule has 0 saturated heterocycles. The maximum Gasteiger partial charge on any atom is 0.220 e. The third kappa shape index (κ3) is 4.14. The highest BCUT2D eigenvalue weighted by molar-refractivity contribution is 5.85. The Morgan fingerprint density at radius 3 is 2.47 bits per heavy atom. The maximum absolute atomic E-state index is 11.8. The van der Waals surface area contributed by atoms with Gasteiger partial charge in [-0.15, -0.1) is 12.4 Å². The number of hydrogen-bond acceptors (Lipinski definition) is 2. The molecule has 2 rings (SSSR count). The molecule has 2 aliphatic carbocycles. The van der Waals surface area contributed by atoms with Crippen molar-refractivity contribution in [2.24, 2.45) is 17.6 Å². The molecule has 4 heteroatoms. The fraction of sp³-hybridized carbons (Fsp3) is 0.923. The average Bonchev–Trinajstić information content (AvgIpc) is 2.62. The van der Waals surface area contributed by atoms with Crippen LogP contribution in [0.25, 0.3) is 0 Å². The van der Waals surface area contributed by atoms with Gasteiger partial charge in [-0.3, -0.25) is 4.79 Å². The topological polar surface area (TPSA) is 55.1 Å². The minimum absolute atomic E-state index is 0. The molecular formula is C13H25ClN2O. The number of nitrogens with two attached hydrogens (primary N) is 1. The van der Waals surface area contributed by atoms with Crippen LogP contribution in [0.1, 0.15) is 51.4 Å². The van der Waals surface area contributed by atoms with Gasteiger partial charge in [0, 0.05) is 12.5 Å². The molecule has 0 aromatic carbocycles.